The number of fused-ring (bicyclic) bond motifs is 1. The Morgan fingerprint density at radius 1 is 1.18 bits per heavy atom. The Hall–Kier alpha value is -3.40. The lowest BCUT2D eigenvalue weighted by Crippen LogP contribution is -2.49. The van der Waals surface area contributed by atoms with Crippen LogP contribution >= 0.6 is 0 Å². The molecule has 1 aromatic carbocycles. The van der Waals surface area contributed by atoms with E-state index in [0.29, 0.717) is 0 Å². The van der Waals surface area contributed by atoms with Gasteiger partial charge in [0.05, 0.1) is 12.6 Å². The predicted molar refractivity (Wildman–Crippen MR) is 101 cm³/mol. The largest absolute Gasteiger partial charge is 0.480 e. The van der Waals surface area contributed by atoms with Crippen LogP contribution in [0.3, 0.4) is 0 Å². The van der Waals surface area contributed by atoms with Crippen molar-refractivity contribution in [2.75, 3.05) is 6.54 Å². The van der Waals surface area contributed by atoms with Crippen LogP contribution in [0.5, 0.6) is 0 Å². The maximum absolute atomic E-state index is 12.0. The number of carbonyl (C=O) groups is 4. The number of aliphatic carboxylic acids is 1. The van der Waals surface area contributed by atoms with E-state index in [2.05, 4.69) is 15.6 Å². The molecule has 0 aliphatic rings. The monoisotopic (exact) mass is 389 g/mol. The number of H-pyrrole nitrogens is 1. The van der Waals surface area contributed by atoms with Gasteiger partial charge >= 0.3 is 5.97 Å². The molecule has 0 radical (unpaired) electrons. The first-order valence-electron chi connectivity index (χ1n) is 8.66. The van der Waals surface area contributed by atoms with E-state index in [0.717, 1.165) is 16.5 Å². The summed E-state index contributed by atoms with van der Waals surface area (Å²) in [5.74, 6) is -3.06. The van der Waals surface area contributed by atoms with E-state index in [1.54, 1.807) is 6.20 Å². The number of hydrogen-bond donors (Lipinski definition) is 6. The fourth-order valence-electron chi connectivity index (χ4n) is 2.69. The molecule has 1 heterocycles. The third kappa shape index (κ3) is 5.81. The van der Waals surface area contributed by atoms with Crippen LogP contribution in [0.2, 0.25) is 0 Å². The maximum Gasteiger partial charge on any atom is 0.326 e. The third-order valence-corrected chi connectivity index (χ3v) is 4.19. The second-order valence-electron chi connectivity index (χ2n) is 6.35. The van der Waals surface area contributed by atoms with Gasteiger partial charge in [0.15, 0.2) is 0 Å². The number of nitrogens with two attached hydrogens (primary N) is 2. The molecule has 0 saturated heterocycles. The van der Waals surface area contributed by atoms with Crippen LogP contribution in [-0.2, 0) is 25.6 Å². The Kier molecular flexibility index (Phi) is 7.10. The number of hydrogen-bond acceptors (Lipinski definition) is 5. The number of carbonyl (C=O) groups excluding carboxylic acids is 3. The van der Waals surface area contributed by atoms with Gasteiger partial charge in [0.25, 0.3) is 0 Å². The van der Waals surface area contributed by atoms with Gasteiger partial charge in [0.2, 0.25) is 17.7 Å². The molecule has 2 atom stereocenters. The number of rotatable bonds is 10. The van der Waals surface area contributed by atoms with Crippen LogP contribution in [-0.4, -0.2) is 52.4 Å². The number of aromatic nitrogens is 1. The number of nitrogens with one attached hydrogen (secondary N) is 3. The quantitative estimate of drug-likeness (QED) is 0.303. The minimum Gasteiger partial charge on any atom is -0.480 e. The van der Waals surface area contributed by atoms with Crippen molar-refractivity contribution in [3.8, 4) is 0 Å². The van der Waals surface area contributed by atoms with Gasteiger partial charge < -0.3 is 32.2 Å². The maximum atomic E-state index is 12.0. The van der Waals surface area contributed by atoms with E-state index in [1.807, 2.05) is 24.3 Å². The molecule has 2 aromatic rings. The van der Waals surface area contributed by atoms with Gasteiger partial charge in [-0.3, -0.25) is 14.4 Å². The van der Waals surface area contributed by atoms with E-state index >= 15 is 0 Å². The van der Waals surface area contributed by atoms with Crippen molar-refractivity contribution in [3.63, 3.8) is 0 Å². The molecule has 10 nitrogen and oxygen atoms in total. The van der Waals surface area contributed by atoms with Crippen molar-refractivity contribution in [1.82, 2.24) is 15.6 Å². The van der Waals surface area contributed by atoms with Gasteiger partial charge in [-0.15, -0.1) is 0 Å². The molecule has 8 N–H and O–H groups in total. The molecule has 28 heavy (non-hydrogen) atoms. The highest BCUT2D eigenvalue weighted by atomic mass is 16.4. The van der Waals surface area contributed by atoms with Crippen LogP contribution < -0.4 is 22.1 Å². The number of para-hydroxylation sites is 1. The fourth-order valence-corrected chi connectivity index (χ4v) is 2.69. The lowest BCUT2D eigenvalue weighted by atomic mass is 10.0. The molecule has 0 unspecified atom stereocenters. The molecular formula is C18H23N5O5. The lowest BCUT2D eigenvalue weighted by molar-refractivity contribution is -0.141. The molecule has 0 aliphatic carbocycles. The summed E-state index contributed by atoms with van der Waals surface area (Å²) in [6.45, 7) is -0.430. The molecule has 0 fully saturated rings. The van der Waals surface area contributed by atoms with Gasteiger partial charge in [0.1, 0.15) is 6.04 Å². The normalized spacial score (nSPS) is 12.9. The summed E-state index contributed by atoms with van der Waals surface area (Å²) >= 11 is 0. The molecule has 0 aliphatic heterocycles. The summed E-state index contributed by atoms with van der Waals surface area (Å²) in [6.07, 6.45) is 1.79. The molecule has 1 aromatic heterocycles. The van der Waals surface area contributed by atoms with Crippen LogP contribution in [0, 0.1) is 0 Å². The third-order valence-electron chi connectivity index (χ3n) is 4.19. The van der Waals surface area contributed by atoms with E-state index in [-0.39, 0.29) is 19.3 Å². The molecule has 150 valence electrons. The van der Waals surface area contributed by atoms with Crippen LogP contribution in [0.15, 0.2) is 30.5 Å². The summed E-state index contributed by atoms with van der Waals surface area (Å²) in [5, 5.41) is 15.0. The SMILES string of the molecule is NC(=O)CC[C@H](N)C(=O)NCC(=O)N[C@@H](Cc1c[nH]c2ccccc12)C(=O)O. The number of carboxylic acids is 1. The van der Waals surface area contributed by atoms with E-state index < -0.39 is 42.3 Å². The van der Waals surface area contributed by atoms with E-state index in [9.17, 15) is 24.3 Å². The summed E-state index contributed by atoms with van der Waals surface area (Å²) in [7, 11) is 0. The molecule has 0 spiro atoms. The van der Waals surface area contributed by atoms with Crippen LogP contribution in [0.25, 0.3) is 10.9 Å². The average Bonchev–Trinajstić information content (AvgIpc) is 3.06. The summed E-state index contributed by atoms with van der Waals surface area (Å²) in [5.41, 5.74) is 12.2. The van der Waals surface area contributed by atoms with Gasteiger partial charge in [-0.1, -0.05) is 18.2 Å². The fraction of sp³-hybridized carbons (Fsp3) is 0.333. The Bertz CT molecular complexity index is 878. The summed E-state index contributed by atoms with van der Waals surface area (Å²) < 4.78 is 0. The minimum atomic E-state index is -1.19. The Morgan fingerprint density at radius 3 is 2.57 bits per heavy atom. The Morgan fingerprint density at radius 2 is 1.89 bits per heavy atom. The number of benzene rings is 1. The van der Waals surface area contributed by atoms with Crippen molar-refractivity contribution in [3.05, 3.63) is 36.0 Å². The average molecular weight is 389 g/mol. The van der Waals surface area contributed by atoms with Crippen LogP contribution in [0.1, 0.15) is 18.4 Å². The molecular weight excluding hydrogens is 366 g/mol. The second kappa shape index (κ2) is 9.51. The van der Waals surface area contributed by atoms with Crippen LogP contribution in [0.4, 0.5) is 0 Å². The topological polar surface area (TPSA) is 180 Å². The molecule has 10 heteroatoms. The van der Waals surface area contributed by atoms with E-state index in [4.69, 9.17) is 11.5 Å². The number of amides is 3. The molecule has 0 bridgehead atoms. The first-order chi connectivity index (χ1) is 13.3. The Labute approximate surface area is 160 Å². The van der Waals surface area contributed by atoms with E-state index in [1.165, 1.54) is 0 Å². The highest BCUT2D eigenvalue weighted by Gasteiger charge is 2.22. The highest BCUT2D eigenvalue weighted by Crippen LogP contribution is 2.19. The molecule has 0 saturated carbocycles. The molecule has 2 rings (SSSR count). The first kappa shape index (κ1) is 20.9. The van der Waals surface area contributed by atoms with Crippen molar-refractivity contribution in [1.29, 1.82) is 0 Å². The van der Waals surface area contributed by atoms with Crippen molar-refractivity contribution in [2.45, 2.75) is 31.3 Å². The van der Waals surface area contributed by atoms with Gasteiger partial charge in [-0.05, 0) is 18.1 Å². The minimum absolute atomic E-state index is 0.0491. The standard InChI is InChI=1S/C18H23N5O5/c19-12(5-6-15(20)24)17(26)22-9-16(25)23-14(18(27)28)7-10-8-21-13-4-2-1-3-11(10)13/h1-4,8,12,14,21H,5-7,9,19H2,(H2,20,24)(H,22,26)(H,23,25)(H,27,28)/t12-,14-/m0/s1. The van der Waals surface area contributed by atoms with Crippen molar-refractivity contribution >= 4 is 34.6 Å². The van der Waals surface area contributed by atoms with Gasteiger partial charge in [-0.25, -0.2) is 4.79 Å². The molecule has 3 amide bonds. The van der Waals surface area contributed by atoms with Gasteiger partial charge in [-0.2, -0.15) is 0 Å². The predicted octanol–water partition coefficient (Wildman–Crippen LogP) is -1.01. The zero-order valence-corrected chi connectivity index (χ0v) is 15.1. The van der Waals surface area contributed by atoms with Crippen molar-refractivity contribution in [2.24, 2.45) is 11.5 Å². The number of carboxylic acid groups (broad SMARTS) is 1. The van der Waals surface area contributed by atoms with Crippen molar-refractivity contribution < 1.29 is 24.3 Å². The summed E-state index contributed by atoms with van der Waals surface area (Å²) in [6, 6.07) is 5.27. The number of primary amides is 1. The summed E-state index contributed by atoms with van der Waals surface area (Å²) in [4.78, 5) is 49.1. The zero-order valence-electron chi connectivity index (χ0n) is 15.1. The lowest BCUT2D eigenvalue weighted by Gasteiger charge is -2.15. The zero-order chi connectivity index (χ0) is 20.7. The van der Waals surface area contributed by atoms with Gasteiger partial charge in [0, 0.05) is 29.9 Å². The first-order valence-corrected chi connectivity index (χ1v) is 8.66. The smallest absolute Gasteiger partial charge is 0.326 e. The highest BCUT2D eigenvalue weighted by molar-refractivity contribution is 5.90. The number of aromatic amines is 1. The Balaban J connectivity index is 1.89. The second-order valence-corrected chi connectivity index (χ2v) is 6.35.